The first-order chi connectivity index (χ1) is 8.54. The van der Waals surface area contributed by atoms with E-state index in [0.29, 0.717) is 11.3 Å². The van der Waals surface area contributed by atoms with Crippen LogP contribution in [-0.2, 0) is 13.8 Å². The quantitative estimate of drug-likeness (QED) is 0.505. The minimum Gasteiger partial charge on any atom is -0.465 e. The van der Waals surface area contributed by atoms with E-state index in [1.165, 1.54) is 7.11 Å². The largest absolute Gasteiger partial charge is 0.465 e. The molecule has 0 saturated heterocycles. The SMILES string of the molecule is C#CP(=O)(Nc1ccc(C(=O)OC)cc1)OCC. The first-order valence-corrected chi connectivity index (χ1v) is 6.86. The van der Waals surface area contributed by atoms with Crippen molar-refractivity contribution in [2.24, 2.45) is 0 Å². The average molecular weight is 267 g/mol. The van der Waals surface area contributed by atoms with Crippen LogP contribution in [0.5, 0.6) is 0 Å². The molecular formula is C12H14NO4P. The van der Waals surface area contributed by atoms with Gasteiger partial charge in [0.15, 0.2) is 0 Å². The zero-order chi connectivity index (χ0) is 13.6. The number of esters is 1. The molecule has 0 saturated carbocycles. The molecule has 0 spiro atoms. The zero-order valence-electron chi connectivity index (χ0n) is 10.2. The Morgan fingerprint density at radius 3 is 2.50 bits per heavy atom. The molecule has 1 atom stereocenters. The summed E-state index contributed by atoms with van der Waals surface area (Å²) in [6.07, 6.45) is 5.17. The third-order valence-electron chi connectivity index (χ3n) is 2.06. The Kier molecular flexibility index (Phi) is 4.96. The molecule has 0 heterocycles. The predicted octanol–water partition coefficient (Wildman–Crippen LogP) is 2.71. The van der Waals surface area contributed by atoms with Crippen molar-refractivity contribution in [2.75, 3.05) is 18.8 Å². The van der Waals surface area contributed by atoms with Crippen LogP contribution in [0.1, 0.15) is 17.3 Å². The molecule has 5 nitrogen and oxygen atoms in total. The summed E-state index contributed by atoms with van der Waals surface area (Å²) in [6.45, 7) is 1.95. The number of benzene rings is 1. The Bertz CT molecular complexity index is 504. The Balaban J connectivity index is 2.84. The Morgan fingerprint density at radius 1 is 1.44 bits per heavy atom. The molecule has 6 heteroatoms. The molecule has 0 aliphatic carbocycles. The topological polar surface area (TPSA) is 64.6 Å². The average Bonchev–Trinajstić information content (AvgIpc) is 2.39. The fourth-order valence-corrected chi connectivity index (χ4v) is 2.31. The smallest absolute Gasteiger partial charge is 0.367 e. The van der Waals surface area contributed by atoms with E-state index in [2.05, 4.69) is 15.5 Å². The number of hydrogen-bond acceptors (Lipinski definition) is 4. The van der Waals surface area contributed by atoms with Crippen LogP contribution in [0.2, 0.25) is 0 Å². The van der Waals surface area contributed by atoms with E-state index >= 15 is 0 Å². The highest BCUT2D eigenvalue weighted by Crippen LogP contribution is 2.45. The number of nitrogens with one attached hydrogen (secondary N) is 1. The van der Waals surface area contributed by atoms with Gasteiger partial charge in [-0.15, -0.1) is 6.42 Å². The van der Waals surface area contributed by atoms with Gasteiger partial charge in [-0.05, 0) is 31.2 Å². The maximum atomic E-state index is 12.0. The van der Waals surface area contributed by atoms with Gasteiger partial charge < -0.3 is 14.3 Å². The van der Waals surface area contributed by atoms with Crippen molar-refractivity contribution in [1.29, 1.82) is 0 Å². The molecule has 0 aliphatic heterocycles. The molecule has 96 valence electrons. The molecule has 0 aromatic heterocycles. The second-order valence-electron chi connectivity index (χ2n) is 3.28. The molecule has 0 bridgehead atoms. The lowest BCUT2D eigenvalue weighted by Crippen LogP contribution is -2.02. The van der Waals surface area contributed by atoms with Gasteiger partial charge in [-0.2, -0.15) is 0 Å². The minimum atomic E-state index is -3.31. The van der Waals surface area contributed by atoms with Crippen molar-refractivity contribution in [2.45, 2.75) is 6.92 Å². The van der Waals surface area contributed by atoms with E-state index in [9.17, 15) is 9.36 Å². The van der Waals surface area contributed by atoms with Gasteiger partial charge in [0.2, 0.25) is 0 Å². The minimum absolute atomic E-state index is 0.245. The summed E-state index contributed by atoms with van der Waals surface area (Å²) in [7, 11) is -2.00. The third kappa shape index (κ3) is 3.63. The predicted molar refractivity (Wildman–Crippen MR) is 69.5 cm³/mol. The number of rotatable bonds is 5. The molecular weight excluding hydrogens is 253 g/mol. The molecule has 0 aliphatic rings. The van der Waals surface area contributed by atoms with Crippen LogP contribution >= 0.6 is 7.52 Å². The second-order valence-corrected chi connectivity index (χ2v) is 5.12. The summed E-state index contributed by atoms with van der Waals surface area (Å²) in [5, 5.41) is 2.64. The maximum Gasteiger partial charge on any atom is 0.367 e. The van der Waals surface area contributed by atoms with E-state index in [1.807, 2.05) is 0 Å². The van der Waals surface area contributed by atoms with E-state index in [-0.39, 0.29) is 6.61 Å². The molecule has 0 fully saturated rings. The van der Waals surface area contributed by atoms with Crippen molar-refractivity contribution in [3.8, 4) is 12.1 Å². The van der Waals surface area contributed by atoms with Gasteiger partial charge >= 0.3 is 13.5 Å². The summed E-state index contributed by atoms with van der Waals surface area (Å²) in [5.74, 6) is -0.438. The lowest BCUT2D eigenvalue weighted by atomic mass is 10.2. The molecule has 0 radical (unpaired) electrons. The summed E-state index contributed by atoms with van der Waals surface area (Å²) in [4.78, 5) is 11.2. The van der Waals surface area contributed by atoms with Crippen LogP contribution in [0.3, 0.4) is 0 Å². The number of carbonyl (C=O) groups is 1. The molecule has 18 heavy (non-hydrogen) atoms. The lowest BCUT2D eigenvalue weighted by molar-refractivity contribution is 0.0601. The number of carbonyl (C=O) groups excluding carboxylic acids is 1. The van der Waals surface area contributed by atoms with Crippen LogP contribution in [-0.4, -0.2) is 19.7 Å². The van der Waals surface area contributed by atoms with Crippen molar-refractivity contribution < 1.29 is 18.6 Å². The van der Waals surface area contributed by atoms with E-state index in [1.54, 1.807) is 31.2 Å². The molecule has 1 aromatic carbocycles. The van der Waals surface area contributed by atoms with Gasteiger partial charge in [0.25, 0.3) is 0 Å². The highest BCUT2D eigenvalue weighted by Gasteiger charge is 2.18. The fraction of sp³-hybridized carbons (Fsp3) is 0.250. The van der Waals surface area contributed by atoms with Crippen molar-refractivity contribution in [3.05, 3.63) is 29.8 Å². The van der Waals surface area contributed by atoms with E-state index in [0.717, 1.165) is 0 Å². The van der Waals surface area contributed by atoms with Crippen LogP contribution in [0.15, 0.2) is 24.3 Å². The van der Waals surface area contributed by atoms with E-state index < -0.39 is 13.5 Å². The molecule has 0 amide bonds. The van der Waals surface area contributed by atoms with Crippen LogP contribution in [0.4, 0.5) is 5.69 Å². The van der Waals surface area contributed by atoms with Gasteiger partial charge in [0.1, 0.15) is 0 Å². The third-order valence-corrected chi connectivity index (χ3v) is 3.58. The number of terminal acetylenes is 1. The van der Waals surface area contributed by atoms with Gasteiger partial charge in [-0.3, -0.25) is 4.57 Å². The summed E-state index contributed by atoms with van der Waals surface area (Å²) in [5.41, 5.74) is 3.02. The van der Waals surface area contributed by atoms with Crippen molar-refractivity contribution in [1.82, 2.24) is 0 Å². The standard InChI is InChI=1S/C12H14NO4P/c1-4-17-18(15,5-2)13-11-8-6-10(7-9-11)12(14)16-3/h2,6-9H,4H2,1,3H3,(H,13,15). The number of hydrogen-bond donors (Lipinski definition) is 1. The summed E-state index contributed by atoms with van der Waals surface area (Å²) >= 11 is 0. The first-order valence-electron chi connectivity index (χ1n) is 5.23. The second kappa shape index (κ2) is 6.25. The summed E-state index contributed by atoms with van der Waals surface area (Å²) < 4.78 is 21.5. The molecule has 1 unspecified atom stereocenters. The van der Waals surface area contributed by atoms with Crippen LogP contribution < -0.4 is 5.09 Å². The fourth-order valence-electron chi connectivity index (χ4n) is 1.25. The molecule has 1 aromatic rings. The maximum absolute atomic E-state index is 12.0. The number of methoxy groups -OCH3 is 1. The summed E-state index contributed by atoms with van der Waals surface area (Å²) in [6, 6.07) is 6.24. The van der Waals surface area contributed by atoms with E-state index in [4.69, 9.17) is 10.9 Å². The van der Waals surface area contributed by atoms with Crippen molar-refractivity contribution >= 4 is 19.2 Å². The Hall–Kier alpha value is -1.76. The normalized spacial score (nSPS) is 13.2. The van der Waals surface area contributed by atoms with Crippen LogP contribution in [0.25, 0.3) is 0 Å². The Morgan fingerprint density at radius 2 is 2.06 bits per heavy atom. The molecule has 1 rings (SSSR count). The first kappa shape index (κ1) is 14.3. The Labute approximate surface area is 106 Å². The van der Waals surface area contributed by atoms with Gasteiger partial charge in [0, 0.05) is 11.3 Å². The van der Waals surface area contributed by atoms with Crippen LogP contribution in [0, 0.1) is 12.1 Å². The monoisotopic (exact) mass is 267 g/mol. The van der Waals surface area contributed by atoms with Gasteiger partial charge in [0.05, 0.1) is 19.3 Å². The van der Waals surface area contributed by atoms with Gasteiger partial charge in [-0.25, -0.2) is 4.79 Å². The van der Waals surface area contributed by atoms with Gasteiger partial charge in [-0.1, -0.05) is 0 Å². The highest BCUT2D eigenvalue weighted by atomic mass is 31.2. The molecule has 1 N–H and O–H groups in total. The number of ether oxygens (including phenoxy) is 1. The lowest BCUT2D eigenvalue weighted by Gasteiger charge is -2.14. The van der Waals surface area contributed by atoms with Crippen molar-refractivity contribution in [3.63, 3.8) is 0 Å². The highest BCUT2D eigenvalue weighted by molar-refractivity contribution is 7.65. The zero-order valence-corrected chi connectivity index (χ0v) is 11.1. The number of anilines is 1.